The van der Waals surface area contributed by atoms with E-state index in [1.54, 1.807) is 36.4 Å². The fourth-order valence-corrected chi connectivity index (χ4v) is 5.35. The maximum Gasteiger partial charge on any atom is 0.244 e. The number of nitrogens with zero attached hydrogens (tertiary/aromatic N) is 2. The van der Waals surface area contributed by atoms with Gasteiger partial charge in [0.05, 0.1) is 22.0 Å². The number of nitrogens with one attached hydrogen (secondary N) is 1. The second-order valence-corrected chi connectivity index (χ2v) is 12.2. The Labute approximate surface area is 244 Å². The second kappa shape index (κ2) is 14.0. The summed E-state index contributed by atoms with van der Waals surface area (Å²) in [5, 5.41) is 3.86. The first-order chi connectivity index (χ1) is 18.5. The van der Waals surface area contributed by atoms with Crippen molar-refractivity contribution in [3.63, 3.8) is 0 Å². The molecule has 1 N–H and O–H groups in total. The SMILES string of the molecule is CCCNC(=O)C(Cc1ccccc1)N(Cc1ccc(Cl)c(Cl)c1)C(=O)CN(c1cccc(Cl)c1)S(C)(=O)=O. The van der Waals surface area contributed by atoms with Crippen molar-refractivity contribution in [2.45, 2.75) is 32.4 Å². The zero-order chi connectivity index (χ0) is 28.6. The number of hydrogen-bond acceptors (Lipinski definition) is 4. The van der Waals surface area contributed by atoms with Gasteiger partial charge >= 0.3 is 0 Å². The average molecular weight is 611 g/mol. The molecule has 0 aliphatic heterocycles. The van der Waals surface area contributed by atoms with E-state index in [0.29, 0.717) is 33.6 Å². The molecule has 11 heteroatoms. The average Bonchev–Trinajstić information content (AvgIpc) is 2.89. The van der Waals surface area contributed by atoms with Crippen molar-refractivity contribution in [3.05, 3.63) is 99.0 Å². The minimum Gasteiger partial charge on any atom is -0.354 e. The van der Waals surface area contributed by atoms with E-state index in [4.69, 9.17) is 34.8 Å². The van der Waals surface area contributed by atoms with E-state index >= 15 is 0 Å². The Morgan fingerprint density at radius 3 is 2.23 bits per heavy atom. The largest absolute Gasteiger partial charge is 0.354 e. The number of anilines is 1. The van der Waals surface area contributed by atoms with Gasteiger partial charge in [-0.15, -0.1) is 0 Å². The van der Waals surface area contributed by atoms with Crippen molar-refractivity contribution in [2.75, 3.05) is 23.7 Å². The van der Waals surface area contributed by atoms with E-state index in [2.05, 4.69) is 5.32 Å². The standard InChI is InChI=1S/C28H30Cl3N3O4S/c1-3-14-32-28(36)26(16-20-8-5-4-6-9-20)33(18-21-12-13-24(30)25(31)15-21)27(35)19-34(39(2,37)38)23-11-7-10-22(29)17-23/h4-13,15,17,26H,3,14,16,18-19H2,1-2H3,(H,32,36). The minimum atomic E-state index is -3.88. The van der Waals surface area contributed by atoms with Gasteiger partial charge in [-0.1, -0.05) is 84.2 Å². The number of carbonyl (C=O) groups excluding carboxylic acids is 2. The third-order valence-electron chi connectivity index (χ3n) is 5.93. The number of carbonyl (C=O) groups is 2. The number of sulfonamides is 1. The molecule has 3 aromatic rings. The molecule has 208 valence electrons. The molecule has 7 nitrogen and oxygen atoms in total. The first-order valence-corrected chi connectivity index (χ1v) is 15.3. The van der Waals surface area contributed by atoms with Crippen LogP contribution in [-0.4, -0.2) is 50.5 Å². The van der Waals surface area contributed by atoms with Crippen molar-refractivity contribution in [1.82, 2.24) is 10.2 Å². The van der Waals surface area contributed by atoms with E-state index in [9.17, 15) is 18.0 Å². The van der Waals surface area contributed by atoms with Crippen molar-refractivity contribution in [1.29, 1.82) is 0 Å². The Morgan fingerprint density at radius 1 is 0.897 bits per heavy atom. The van der Waals surface area contributed by atoms with E-state index in [1.165, 1.54) is 11.0 Å². The Hall–Kier alpha value is -2.78. The second-order valence-electron chi connectivity index (χ2n) is 9.02. The predicted molar refractivity (Wildman–Crippen MR) is 158 cm³/mol. The molecule has 0 spiro atoms. The van der Waals surface area contributed by atoms with Crippen LogP contribution in [0, 0.1) is 0 Å². The number of rotatable bonds is 12. The van der Waals surface area contributed by atoms with E-state index in [1.807, 2.05) is 37.3 Å². The summed E-state index contributed by atoms with van der Waals surface area (Å²) >= 11 is 18.4. The third kappa shape index (κ3) is 8.86. The Bertz CT molecular complexity index is 1400. The van der Waals surface area contributed by atoms with Crippen LogP contribution in [0.25, 0.3) is 0 Å². The zero-order valence-corrected chi connectivity index (χ0v) is 24.7. The van der Waals surface area contributed by atoms with Crippen LogP contribution < -0.4 is 9.62 Å². The van der Waals surface area contributed by atoms with Gasteiger partial charge in [-0.2, -0.15) is 0 Å². The van der Waals surface area contributed by atoms with Crippen LogP contribution in [0.15, 0.2) is 72.8 Å². The molecule has 1 unspecified atom stereocenters. The van der Waals surface area contributed by atoms with Crippen molar-refractivity contribution in [2.24, 2.45) is 0 Å². The molecule has 0 heterocycles. The highest BCUT2D eigenvalue weighted by molar-refractivity contribution is 7.92. The summed E-state index contributed by atoms with van der Waals surface area (Å²) in [6, 6.07) is 19.6. The Morgan fingerprint density at radius 2 is 1.62 bits per heavy atom. The van der Waals surface area contributed by atoms with Gasteiger partial charge in [0.15, 0.2) is 0 Å². The molecular formula is C28H30Cl3N3O4S. The fourth-order valence-electron chi connectivity index (χ4n) is 4.00. The highest BCUT2D eigenvalue weighted by Crippen LogP contribution is 2.26. The quantitative estimate of drug-likeness (QED) is 0.290. The predicted octanol–water partition coefficient (Wildman–Crippen LogP) is 5.58. The summed E-state index contributed by atoms with van der Waals surface area (Å²) in [7, 11) is -3.88. The molecule has 3 aromatic carbocycles. The maximum atomic E-state index is 14.0. The number of halogens is 3. The minimum absolute atomic E-state index is 0.0000841. The molecule has 1 atom stereocenters. The lowest BCUT2D eigenvalue weighted by Crippen LogP contribution is -2.53. The summed E-state index contributed by atoms with van der Waals surface area (Å²) in [5.41, 5.74) is 1.71. The van der Waals surface area contributed by atoms with Gasteiger partial charge in [-0.05, 0) is 47.9 Å². The molecule has 0 aliphatic rings. The van der Waals surface area contributed by atoms with Crippen LogP contribution in [0.3, 0.4) is 0 Å². The van der Waals surface area contributed by atoms with Gasteiger partial charge in [0, 0.05) is 24.5 Å². The van der Waals surface area contributed by atoms with Crippen molar-refractivity contribution < 1.29 is 18.0 Å². The lowest BCUT2D eigenvalue weighted by Gasteiger charge is -2.33. The normalized spacial score (nSPS) is 12.0. The topological polar surface area (TPSA) is 86.8 Å². The van der Waals surface area contributed by atoms with Crippen LogP contribution in [0.4, 0.5) is 5.69 Å². The molecule has 0 radical (unpaired) electrons. The number of benzene rings is 3. The Kier molecular flexibility index (Phi) is 11.1. The monoisotopic (exact) mass is 609 g/mol. The molecule has 0 aromatic heterocycles. The molecular weight excluding hydrogens is 581 g/mol. The van der Waals surface area contributed by atoms with Crippen LogP contribution in [0.2, 0.25) is 15.1 Å². The summed E-state index contributed by atoms with van der Waals surface area (Å²) in [5.74, 6) is -0.915. The highest BCUT2D eigenvalue weighted by Gasteiger charge is 2.33. The highest BCUT2D eigenvalue weighted by atomic mass is 35.5. The van der Waals surface area contributed by atoms with Crippen LogP contribution in [0.5, 0.6) is 0 Å². The summed E-state index contributed by atoms with van der Waals surface area (Å²) < 4.78 is 26.5. The summed E-state index contributed by atoms with van der Waals surface area (Å²) in [6.07, 6.45) is 1.94. The van der Waals surface area contributed by atoms with Gasteiger partial charge in [-0.3, -0.25) is 13.9 Å². The summed E-state index contributed by atoms with van der Waals surface area (Å²) in [4.78, 5) is 28.8. The molecule has 3 rings (SSSR count). The van der Waals surface area contributed by atoms with E-state index < -0.39 is 28.5 Å². The Balaban J connectivity index is 2.06. The van der Waals surface area contributed by atoms with Gasteiger partial charge in [-0.25, -0.2) is 8.42 Å². The first kappa shape index (κ1) is 30.8. The molecule has 2 amide bonds. The lowest BCUT2D eigenvalue weighted by atomic mass is 10.0. The van der Waals surface area contributed by atoms with Crippen LogP contribution >= 0.6 is 34.8 Å². The number of hydrogen-bond donors (Lipinski definition) is 1. The van der Waals surface area contributed by atoms with Crippen LogP contribution in [0.1, 0.15) is 24.5 Å². The number of amides is 2. The van der Waals surface area contributed by atoms with Crippen molar-refractivity contribution >= 4 is 62.3 Å². The molecule has 0 aliphatic carbocycles. The third-order valence-corrected chi connectivity index (χ3v) is 8.05. The maximum absolute atomic E-state index is 14.0. The van der Waals surface area contributed by atoms with Gasteiger partial charge in [0.1, 0.15) is 12.6 Å². The summed E-state index contributed by atoms with van der Waals surface area (Å²) in [6.45, 7) is 1.82. The molecule has 0 bridgehead atoms. The van der Waals surface area contributed by atoms with Gasteiger partial charge in [0.25, 0.3) is 0 Å². The zero-order valence-electron chi connectivity index (χ0n) is 21.6. The molecule has 0 fully saturated rings. The smallest absolute Gasteiger partial charge is 0.244 e. The van der Waals surface area contributed by atoms with E-state index in [0.717, 1.165) is 16.1 Å². The fraction of sp³-hybridized carbons (Fsp3) is 0.286. The van der Waals surface area contributed by atoms with E-state index in [-0.39, 0.29) is 24.6 Å². The van der Waals surface area contributed by atoms with Crippen LogP contribution in [-0.2, 0) is 32.6 Å². The first-order valence-electron chi connectivity index (χ1n) is 12.3. The van der Waals surface area contributed by atoms with Gasteiger partial charge in [0.2, 0.25) is 21.8 Å². The molecule has 39 heavy (non-hydrogen) atoms. The lowest BCUT2D eigenvalue weighted by molar-refractivity contribution is -0.140. The molecule has 0 saturated heterocycles. The van der Waals surface area contributed by atoms with Crippen molar-refractivity contribution in [3.8, 4) is 0 Å². The van der Waals surface area contributed by atoms with Gasteiger partial charge < -0.3 is 10.2 Å². The molecule has 0 saturated carbocycles.